The van der Waals surface area contributed by atoms with E-state index < -0.39 is 0 Å². The maximum absolute atomic E-state index is 7.35. The van der Waals surface area contributed by atoms with Crippen molar-refractivity contribution in [1.82, 2.24) is 0 Å². The summed E-state index contributed by atoms with van der Waals surface area (Å²) >= 11 is 0. The number of hydrogen-bond acceptors (Lipinski definition) is 2. The standard InChI is InChI=1S/C8H13NO/c1-5(2)6(3)8-7(9)4-10-8/h8-9H,4H2,1-3H3. The van der Waals surface area contributed by atoms with Gasteiger partial charge in [-0.15, -0.1) is 0 Å². The molecule has 1 rings (SSSR count). The van der Waals surface area contributed by atoms with E-state index in [0.29, 0.717) is 12.3 Å². The fourth-order valence-corrected chi connectivity index (χ4v) is 0.899. The summed E-state index contributed by atoms with van der Waals surface area (Å²) in [5.41, 5.74) is 3.16. The van der Waals surface area contributed by atoms with E-state index in [1.54, 1.807) is 0 Å². The van der Waals surface area contributed by atoms with Crippen LogP contribution >= 0.6 is 0 Å². The Balaban J connectivity index is 2.67. The summed E-state index contributed by atoms with van der Waals surface area (Å²) < 4.78 is 5.18. The summed E-state index contributed by atoms with van der Waals surface area (Å²) in [4.78, 5) is 0. The fourth-order valence-electron chi connectivity index (χ4n) is 0.899. The normalized spacial score (nSPS) is 23.9. The quantitative estimate of drug-likeness (QED) is 0.552. The molecular formula is C8H13NO. The van der Waals surface area contributed by atoms with Crippen LogP contribution in [0.5, 0.6) is 0 Å². The molecule has 0 aliphatic carbocycles. The van der Waals surface area contributed by atoms with Crippen LogP contribution in [0.15, 0.2) is 11.1 Å². The Hall–Kier alpha value is -0.630. The van der Waals surface area contributed by atoms with Gasteiger partial charge in [0.05, 0.1) is 12.3 Å². The summed E-state index contributed by atoms with van der Waals surface area (Å²) in [6.45, 7) is 6.64. The molecule has 1 N–H and O–H groups in total. The minimum absolute atomic E-state index is 0.00463. The molecule has 10 heavy (non-hydrogen) atoms. The van der Waals surface area contributed by atoms with Gasteiger partial charge in [0.2, 0.25) is 0 Å². The van der Waals surface area contributed by atoms with Crippen molar-refractivity contribution >= 4 is 5.71 Å². The SMILES string of the molecule is CC(C)=C(C)C1OCC1=N. The van der Waals surface area contributed by atoms with Crippen molar-refractivity contribution in [2.24, 2.45) is 0 Å². The molecule has 1 aliphatic heterocycles. The fraction of sp³-hybridized carbons (Fsp3) is 0.625. The van der Waals surface area contributed by atoms with Gasteiger partial charge in [-0.2, -0.15) is 0 Å². The molecule has 1 fully saturated rings. The van der Waals surface area contributed by atoms with Crippen LogP contribution in [0.1, 0.15) is 20.8 Å². The van der Waals surface area contributed by atoms with E-state index in [4.69, 9.17) is 10.1 Å². The average Bonchev–Trinajstić information content (AvgIpc) is 1.84. The van der Waals surface area contributed by atoms with Crippen molar-refractivity contribution in [3.8, 4) is 0 Å². The maximum atomic E-state index is 7.35. The van der Waals surface area contributed by atoms with Crippen LogP contribution in [-0.2, 0) is 4.74 Å². The smallest absolute Gasteiger partial charge is 0.119 e. The molecule has 1 heterocycles. The average molecular weight is 139 g/mol. The largest absolute Gasteiger partial charge is 0.362 e. The minimum Gasteiger partial charge on any atom is -0.362 e. The predicted molar refractivity (Wildman–Crippen MR) is 41.5 cm³/mol. The Morgan fingerprint density at radius 3 is 2.20 bits per heavy atom. The molecule has 1 aliphatic rings. The third-order valence-corrected chi connectivity index (χ3v) is 1.90. The van der Waals surface area contributed by atoms with Crippen LogP contribution in [0, 0.1) is 5.41 Å². The zero-order chi connectivity index (χ0) is 7.72. The highest BCUT2D eigenvalue weighted by atomic mass is 16.5. The monoisotopic (exact) mass is 139 g/mol. The molecular weight excluding hydrogens is 126 g/mol. The lowest BCUT2D eigenvalue weighted by atomic mass is 9.99. The van der Waals surface area contributed by atoms with Gasteiger partial charge in [0, 0.05) is 0 Å². The van der Waals surface area contributed by atoms with Gasteiger partial charge in [-0.05, 0) is 26.3 Å². The van der Waals surface area contributed by atoms with Gasteiger partial charge in [0.25, 0.3) is 0 Å². The Labute approximate surface area is 61.4 Å². The molecule has 0 amide bonds. The van der Waals surface area contributed by atoms with Crippen molar-refractivity contribution < 1.29 is 4.74 Å². The van der Waals surface area contributed by atoms with Gasteiger partial charge < -0.3 is 10.1 Å². The highest BCUT2D eigenvalue weighted by molar-refractivity contribution is 5.93. The second-order valence-corrected chi connectivity index (χ2v) is 2.90. The molecule has 0 saturated carbocycles. The van der Waals surface area contributed by atoms with Crippen LogP contribution in [0.3, 0.4) is 0 Å². The molecule has 1 saturated heterocycles. The lowest BCUT2D eigenvalue weighted by Crippen LogP contribution is -2.40. The zero-order valence-corrected chi connectivity index (χ0v) is 6.69. The summed E-state index contributed by atoms with van der Waals surface area (Å²) in [5.74, 6) is 0. The van der Waals surface area contributed by atoms with Crippen molar-refractivity contribution in [1.29, 1.82) is 5.41 Å². The second-order valence-electron chi connectivity index (χ2n) is 2.90. The second kappa shape index (κ2) is 2.54. The number of allylic oxidation sites excluding steroid dienone is 1. The van der Waals surface area contributed by atoms with Gasteiger partial charge in [-0.1, -0.05) is 5.57 Å². The van der Waals surface area contributed by atoms with Crippen molar-refractivity contribution in [3.05, 3.63) is 11.1 Å². The van der Waals surface area contributed by atoms with Crippen LogP contribution in [0.25, 0.3) is 0 Å². The Morgan fingerprint density at radius 2 is 2.10 bits per heavy atom. The highest BCUT2D eigenvalue weighted by Crippen LogP contribution is 2.18. The van der Waals surface area contributed by atoms with Crippen molar-refractivity contribution in [3.63, 3.8) is 0 Å². The molecule has 0 aromatic heterocycles. The lowest BCUT2D eigenvalue weighted by molar-refractivity contribution is 0.0959. The Kier molecular flexibility index (Phi) is 1.90. The highest BCUT2D eigenvalue weighted by Gasteiger charge is 2.26. The van der Waals surface area contributed by atoms with Gasteiger partial charge in [-0.3, -0.25) is 0 Å². The summed E-state index contributed by atoms with van der Waals surface area (Å²) in [5, 5.41) is 7.35. The van der Waals surface area contributed by atoms with Crippen molar-refractivity contribution in [2.75, 3.05) is 6.61 Å². The van der Waals surface area contributed by atoms with Crippen LogP contribution in [0.2, 0.25) is 0 Å². The number of rotatable bonds is 1. The van der Waals surface area contributed by atoms with E-state index in [-0.39, 0.29) is 6.10 Å². The lowest BCUT2D eigenvalue weighted by Gasteiger charge is -2.29. The first-order valence-corrected chi connectivity index (χ1v) is 3.46. The molecule has 1 unspecified atom stereocenters. The van der Waals surface area contributed by atoms with E-state index in [1.807, 2.05) is 20.8 Å². The van der Waals surface area contributed by atoms with E-state index in [2.05, 4.69) is 0 Å². The topological polar surface area (TPSA) is 33.1 Å². The third kappa shape index (κ3) is 1.12. The summed E-state index contributed by atoms with van der Waals surface area (Å²) in [6.07, 6.45) is 0.00463. The first-order chi connectivity index (χ1) is 4.63. The van der Waals surface area contributed by atoms with Gasteiger partial charge in [-0.25, -0.2) is 0 Å². The minimum atomic E-state index is 0.00463. The molecule has 56 valence electrons. The summed E-state index contributed by atoms with van der Waals surface area (Å²) in [6, 6.07) is 0. The molecule has 0 radical (unpaired) electrons. The predicted octanol–water partition coefficient (Wildman–Crippen LogP) is 1.76. The maximum Gasteiger partial charge on any atom is 0.119 e. The molecule has 0 spiro atoms. The number of hydrogen-bond donors (Lipinski definition) is 1. The van der Waals surface area contributed by atoms with E-state index in [9.17, 15) is 0 Å². The van der Waals surface area contributed by atoms with Gasteiger partial charge >= 0.3 is 0 Å². The number of nitrogens with one attached hydrogen (secondary N) is 1. The Bertz CT molecular complexity index is 189. The van der Waals surface area contributed by atoms with E-state index >= 15 is 0 Å². The third-order valence-electron chi connectivity index (χ3n) is 1.90. The summed E-state index contributed by atoms with van der Waals surface area (Å²) in [7, 11) is 0. The molecule has 2 heteroatoms. The van der Waals surface area contributed by atoms with Gasteiger partial charge in [0.1, 0.15) is 6.10 Å². The number of ether oxygens (including phenoxy) is 1. The van der Waals surface area contributed by atoms with E-state index in [0.717, 1.165) is 0 Å². The zero-order valence-electron chi connectivity index (χ0n) is 6.69. The van der Waals surface area contributed by atoms with Crippen LogP contribution in [0.4, 0.5) is 0 Å². The molecule has 0 bridgehead atoms. The van der Waals surface area contributed by atoms with Gasteiger partial charge in [0.15, 0.2) is 0 Å². The first kappa shape index (κ1) is 7.48. The first-order valence-electron chi connectivity index (χ1n) is 3.46. The molecule has 2 nitrogen and oxygen atoms in total. The molecule has 0 aromatic rings. The van der Waals surface area contributed by atoms with E-state index in [1.165, 1.54) is 11.1 Å². The molecule has 1 atom stereocenters. The van der Waals surface area contributed by atoms with Crippen molar-refractivity contribution in [2.45, 2.75) is 26.9 Å². The Morgan fingerprint density at radius 1 is 1.50 bits per heavy atom. The molecule has 0 aromatic carbocycles. The van der Waals surface area contributed by atoms with Crippen LogP contribution < -0.4 is 0 Å². The van der Waals surface area contributed by atoms with Crippen LogP contribution in [-0.4, -0.2) is 18.4 Å².